The molecule has 0 saturated carbocycles. The minimum Gasteiger partial charge on any atom is -0.252 e. The molecule has 0 radical (unpaired) electrons. The average molecular weight is 848 g/mol. The van der Waals surface area contributed by atoms with E-state index in [-0.39, 0.29) is 0 Å². The molecule has 1 heteroatoms. The number of benzene rings is 10. The van der Waals surface area contributed by atoms with Crippen LogP contribution in [0.15, 0.2) is 230 Å². The first-order valence-corrected chi connectivity index (χ1v) is 23.2. The van der Waals surface area contributed by atoms with Crippen LogP contribution in [0.5, 0.6) is 0 Å². The summed E-state index contributed by atoms with van der Waals surface area (Å²) in [4.78, 5) is 5.27. The van der Waals surface area contributed by atoms with Crippen LogP contribution in [-0.2, 0) is 0 Å². The fourth-order valence-corrected chi connectivity index (χ4v) is 9.56. The van der Waals surface area contributed by atoms with Gasteiger partial charge in [-0.2, -0.15) is 0 Å². The zero-order valence-electron chi connectivity index (χ0n) is 38.2. The lowest BCUT2D eigenvalue weighted by Gasteiger charge is -2.22. The normalized spacial score (nSPS) is 12.1. The van der Waals surface area contributed by atoms with Crippen molar-refractivity contribution in [2.45, 2.75) is 34.1 Å². The number of nitrogens with zero attached hydrogens (tertiary/aromatic N) is 1. The van der Waals surface area contributed by atoms with Crippen LogP contribution in [0, 0.1) is 12.8 Å². The maximum absolute atomic E-state index is 5.27. The van der Waals surface area contributed by atoms with Crippen LogP contribution in [0.2, 0.25) is 0 Å². The molecule has 0 aliphatic rings. The molecule has 0 aromatic heterocycles. The summed E-state index contributed by atoms with van der Waals surface area (Å²) in [5.74, 6) is 0.310. The van der Waals surface area contributed by atoms with Gasteiger partial charge in [-0.15, -0.1) is 0 Å². The van der Waals surface area contributed by atoms with Gasteiger partial charge in [0.25, 0.3) is 0 Å². The molecule has 10 rings (SSSR count). The van der Waals surface area contributed by atoms with E-state index in [1.165, 1.54) is 93.9 Å². The van der Waals surface area contributed by atoms with E-state index in [1.54, 1.807) is 0 Å². The van der Waals surface area contributed by atoms with E-state index in [1.807, 2.05) is 0 Å². The predicted octanol–water partition coefficient (Wildman–Crippen LogP) is 18.5. The van der Waals surface area contributed by atoms with Crippen molar-refractivity contribution < 1.29 is 0 Å². The lowest BCUT2D eigenvalue weighted by molar-refractivity contribution is 0.740. The van der Waals surface area contributed by atoms with Crippen molar-refractivity contribution in [2.24, 2.45) is 10.9 Å². The van der Waals surface area contributed by atoms with Crippen LogP contribution in [0.3, 0.4) is 0 Å². The summed E-state index contributed by atoms with van der Waals surface area (Å²) in [6.07, 6.45) is 1.01. The highest BCUT2D eigenvalue weighted by atomic mass is 14.8. The molecule has 0 amide bonds. The van der Waals surface area contributed by atoms with Crippen molar-refractivity contribution in [2.75, 3.05) is 0 Å². The first kappa shape index (κ1) is 42.1. The second-order valence-corrected chi connectivity index (χ2v) is 17.6. The molecule has 0 bridgehead atoms. The number of rotatable bonds is 11. The van der Waals surface area contributed by atoms with Crippen molar-refractivity contribution in [3.05, 3.63) is 242 Å². The average Bonchev–Trinajstić information content (AvgIpc) is 3.38. The van der Waals surface area contributed by atoms with Gasteiger partial charge in [0, 0.05) is 0 Å². The quantitative estimate of drug-likeness (QED) is 0.0908. The van der Waals surface area contributed by atoms with E-state index >= 15 is 0 Å². The first-order valence-electron chi connectivity index (χ1n) is 23.2. The summed E-state index contributed by atoms with van der Waals surface area (Å²) in [7, 11) is 0. The second-order valence-electron chi connectivity index (χ2n) is 17.6. The number of allylic oxidation sites excluding steroid dienone is 1. The highest BCUT2D eigenvalue weighted by Crippen LogP contribution is 2.49. The Morgan fingerprint density at radius 1 is 0.424 bits per heavy atom. The van der Waals surface area contributed by atoms with Gasteiger partial charge in [-0.25, -0.2) is 0 Å². The molecule has 1 unspecified atom stereocenters. The summed E-state index contributed by atoms with van der Waals surface area (Å²) in [5, 5.41) is 4.85. The topological polar surface area (TPSA) is 12.4 Å². The minimum atomic E-state index is 0.310. The molecule has 318 valence electrons. The fraction of sp³-hybridized carbons (Fsp3) is 0.0923. The summed E-state index contributed by atoms with van der Waals surface area (Å²) >= 11 is 0. The predicted molar refractivity (Wildman–Crippen MR) is 286 cm³/mol. The summed E-state index contributed by atoms with van der Waals surface area (Å²) in [5.41, 5.74) is 21.1. The third-order valence-electron chi connectivity index (χ3n) is 13.3. The van der Waals surface area contributed by atoms with Crippen molar-refractivity contribution in [3.63, 3.8) is 0 Å². The third-order valence-corrected chi connectivity index (χ3v) is 13.3. The fourth-order valence-electron chi connectivity index (χ4n) is 9.56. The smallest absolute Gasteiger partial charge is 0.0662 e. The Kier molecular flexibility index (Phi) is 11.7. The lowest BCUT2D eigenvalue weighted by atomic mass is 9.81. The molecule has 1 nitrogen and oxygen atoms in total. The second kappa shape index (κ2) is 18.3. The molecule has 10 aromatic rings. The van der Waals surface area contributed by atoms with Crippen molar-refractivity contribution in [3.8, 4) is 66.8 Å². The largest absolute Gasteiger partial charge is 0.252 e. The molecule has 66 heavy (non-hydrogen) atoms. The summed E-state index contributed by atoms with van der Waals surface area (Å²) in [6.45, 7) is 12.9. The Labute approximate surface area is 390 Å². The molecule has 0 saturated heterocycles. The molecule has 0 spiro atoms. The zero-order valence-corrected chi connectivity index (χ0v) is 38.2. The van der Waals surface area contributed by atoms with Gasteiger partial charge < -0.3 is 0 Å². The van der Waals surface area contributed by atoms with E-state index in [4.69, 9.17) is 4.99 Å². The van der Waals surface area contributed by atoms with Crippen molar-refractivity contribution in [1.82, 2.24) is 0 Å². The Balaban J connectivity index is 1.26. The molecule has 0 heterocycles. The van der Waals surface area contributed by atoms with E-state index in [0.29, 0.717) is 5.92 Å². The van der Waals surface area contributed by atoms with Gasteiger partial charge in [-0.05, 0) is 149 Å². The van der Waals surface area contributed by atoms with Crippen LogP contribution in [-0.4, -0.2) is 5.71 Å². The highest BCUT2D eigenvalue weighted by Gasteiger charge is 2.22. The molecule has 0 fully saturated rings. The maximum Gasteiger partial charge on any atom is 0.0662 e. The first-order chi connectivity index (χ1) is 32.4. The molecule has 10 aromatic carbocycles. The number of aliphatic imine (C=N–C) groups is 1. The summed E-state index contributed by atoms with van der Waals surface area (Å²) < 4.78 is 0. The number of para-hydroxylation sites is 1. The Hall–Kier alpha value is -7.87. The maximum atomic E-state index is 5.27. The highest BCUT2D eigenvalue weighted by molar-refractivity contribution is 6.24. The summed E-state index contributed by atoms with van der Waals surface area (Å²) in [6, 6.07) is 80.1. The van der Waals surface area contributed by atoms with Crippen LogP contribution in [0.4, 0.5) is 5.69 Å². The van der Waals surface area contributed by atoms with Crippen molar-refractivity contribution in [1.29, 1.82) is 0 Å². The van der Waals surface area contributed by atoms with Crippen LogP contribution < -0.4 is 0 Å². The minimum absolute atomic E-state index is 0.310. The van der Waals surface area contributed by atoms with E-state index in [9.17, 15) is 0 Å². The molecule has 1 atom stereocenters. The molecular weight excluding hydrogens is 795 g/mol. The Morgan fingerprint density at radius 2 is 0.833 bits per heavy atom. The standard InChI is InChI=1S/C65H53N/c1-6-44(4)65(66-62-28-18-13-19-45(62)5)51-35-33-48(34-36-51)53-38-40-59-61(42-53)64(57-27-17-15-25-55(57)50-22-11-8-12-23-50)58-39-37-52(47-31-29-46(30-32-47)43(2)3)41-60(58)63(59)56-26-16-14-24-54(56)49-20-9-7-10-21-49/h7-42,44H,2,6H2,1,3-5H3. The van der Waals surface area contributed by atoms with E-state index in [2.05, 4.69) is 253 Å². The SMILES string of the molecule is C=C(C)c1ccc(-c2ccc3c(-c4ccccc4-c4ccccc4)c4cc(-c5ccc(C(=Nc6ccccc6C)C(C)CC)cc5)ccc4c(-c4ccccc4-c4ccccc4)c3c2)cc1. The number of aryl methyl sites for hydroxylation is 1. The zero-order chi connectivity index (χ0) is 45.1. The van der Waals surface area contributed by atoms with Gasteiger partial charge in [0.2, 0.25) is 0 Å². The van der Waals surface area contributed by atoms with E-state index in [0.717, 1.165) is 34.5 Å². The molecular formula is C65H53N. The lowest BCUT2D eigenvalue weighted by Crippen LogP contribution is -2.11. The van der Waals surface area contributed by atoms with Crippen LogP contribution in [0.1, 0.15) is 43.9 Å². The molecule has 0 aliphatic heterocycles. The monoisotopic (exact) mass is 847 g/mol. The van der Waals surface area contributed by atoms with Gasteiger partial charge in [0.15, 0.2) is 0 Å². The van der Waals surface area contributed by atoms with Gasteiger partial charge in [0.05, 0.1) is 11.4 Å². The third kappa shape index (κ3) is 8.10. The molecule has 0 N–H and O–H groups in total. The van der Waals surface area contributed by atoms with Gasteiger partial charge in [-0.1, -0.05) is 226 Å². The number of hydrogen-bond donors (Lipinski definition) is 0. The van der Waals surface area contributed by atoms with Crippen LogP contribution >= 0.6 is 0 Å². The Bertz CT molecular complexity index is 3410. The number of fused-ring (bicyclic) bond motifs is 2. The van der Waals surface area contributed by atoms with Crippen molar-refractivity contribution >= 4 is 38.5 Å². The van der Waals surface area contributed by atoms with Gasteiger partial charge in [-0.3, -0.25) is 4.99 Å². The van der Waals surface area contributed by atoms with Gasteiger partial charge in [0.1, 0.15) is 0 Å². The molecule has 0 aliphatic carbocycles. The van der Waals surface area contributed by atoms with E-state index < -0.39 is 0 Å². The van der Waals surface area contributed by atoms with Crippen LogP contribution in [0.25, 0.3) is 93.9 Å². The number of hydrogen-bond acceptors (Lipinski definition) is 1. The van der Waals surface area contributed by atoms with Gasteiger partial charge >= 0.3 is 0 Å². The Morgan fingerprint density at radius 3 is 1.29 bits per heavy atom.